The van der Waals surface area contributed by atoms with E-state index in [1.807, 2.05) is 31.4 Å². The second kappa shape index (κ2) is 6.01. The molecule has 0 bridgehead atoms. The van der Waals surface area contributed by atoms with Crippen molar-refractivity contribution in [3.8, 4) is 0 Å². The van der Waals surface area contributed by atoms with Crippen LogP contribution in [-0.4, -0.2) is 29.3 Å². The summed E-state index contributed by atoms with van der Waals surface area (Å²) in [6, 6.07) is 6.04. The van der Waals surface area contributed by atoms with Crippen molar-refractivity contribution < 1.29 is 5.11 Å². The van der Waals surface area contributed by atoms with Crippen molar-refractivity contribution in [3.05, 3.63) is 23.8 Å². The third-order valence-electron chi connectivity index (χ3n) is 2.67. The highest BCUT2D eigenvalue weighted by Gasteiger charge is 2.15. The minimum absolute atomic E-state index is 0.184. The van der Waals surface area contributed by atoms with Crippen molar-refractivity contribution in [2.24, 2.45) is 0 Å². The van der Waals surface area contributed by atoms with E-state index in [1.54, 1.807) is 11.8 Å². The molecule has 0 spiro atoms. The molecule has 3 nitrogen and oxygen atoms in total. The topological polar surface area (TPSA) is 58.3 Å². The maximum atomic E-state index is 9.21. The van der Waals surface area contributed by atoms with Crippen LogP contribution in [0.25, 0.3) is 0 Å². The lowest BCUT2D eigenvalue weighted by atomic mass is 10.1. The van der Waals surface area contributed by atoms with Gasteiger partial charge in [-0.15, -0.1) is 0 Å². The largest absolute Gasteiger partial charge is 0.399 e. The minimum atomic E-state index is 0.184. The number of aliphatic hydroxyl groups excluding tert-OH is 1. The van der Waals surface area contributed by atoms with Crippen LogP contribution in [0.3, 0.4) is 0 Å². The van der Waals surface area contributed by atoms with E-state index in [1.165, 1.54) is 0 Å². The molecular weight excluding hydrogens is 220 g/mol. The number of nitrogens with two attached hydrogens (primary N) is 1. The molecule has 2 unspecified atom stereocenters. The molecule has 0 saturated carbocycles. The minimum Gasteiger partial charge on any atom is -0.399 e. The molecule has 1 aromatic rings. The van der Waals surface area contributed by atoms with E-state index in [4.69, 9.17) is 5.73 Å². The molecule has 0 aliphatic rings. The van der Waals surface area contributed by atoms with E-state index >= 15 is 0 Å². The van der Waals surface area contributed by atoms with Crippen LogP contribution in [0, 0.1) is 6.92 Å². The summed E-state index contributed by atoms with van der Waals surface area (Å²) < 4.78 is 0. The van der Waals surface area contributed by atoms with Crippen molar-refractivity contribution in [2.45, 2.75) is 25.1 Å². The van der Waals surface area contributed by atoms with Crippen molar-refractivity contribution in [1.82, 2.24) is 0 Å². The lowest BCUT2D eigenvalue weighted by molar-refractivity contribution is 0.288. The molecule has 4 N–H and O–H groups in total. The molecule has 90 valence electrons. The van der Waals surface area contributed by atoms with Gasteiger partial charge in [-0.25, -0.2) is 0 Å². The number of thioether (sulfide) groups is 1. The van der Waals surface area contributed by atoms with Crippen LogP contribution in [0.5, 0.6) is 0 Å². The number of nitrogen functional groups attached to an aromatic ring is 1. The van der Waals surface area contributed by atoms with Gasteiger partial charge in [0.15, 0.2) is 0 Å². The lowest BCUT2D eigenvalue weighted by Gasteiger charge is -2.23. The van der Waals surface area contributed by atoms with E-state index < -0.39 is 0 Å². The number of benzene rings is 1. The quantitative estimate of drug-likeness (QED) is 0.690. The van der Waals surface area contributed by atoms with Crippen LogP contribution in [0.1, 0.15) is 12.5 Å². The van der Waals surface area contributed by atoms with Gasteiger partial charge in [0.25, 0.3) is 0 Å². The van der Waals surface area contributed by atoms with Gasteiger partial charge in [-0.05, 0) is 43.9 Å². The average molecular weight is 240 g/mol. The number of aliphatic hydroxyl groups is 1. The van der Waals surface area contributed by atoms with Crippen molar-refractivity contribution >= 4 is 23.1 Å². The number of anilines is 2. The molecule has 0 aliphatic carbocycles. The molecule has 0 aromatic heterocycles. The van der Waals surface area contributed by atoms with E-state index in [9.17, 15) is 5.11 Å². The molecule has 0 amide bonds. The van der Waals surface area contributed by atoms with Gasteiger partial charge >= 0.3 is 0 Å². The molecule has 16 heavy (non-hydrogen) atoms. The fraction of sp³-hybridized carbons (Fsp3) is 0.500. The molecule has 4 heteroatoms. The van der Waals surface area contributed by atoms with Gasteiger partial charge in [0, 0.05) is 22.7 Å². The van der Waals surface area contributed by atoms with Crippen molar-refractivity contribution in [3.63, 3.8) is 0 Å². The van der Waals surface area contributed by atoms with E-state index in [-0.39, 0.29) is 17.9 Å². The van der Waals surface area contributed by atoms with E-state index in [0.717, 1.165) is 16.9 Å². The third kappa shape index (κ3) is 3.32. The Morgan fingerprint density at radius 1 is 1.50 bits per heavy atom. The Hall–Kier alpha value is -0.870. The predicted octanol–water partition coefficient (Wildman–Crippen LogP) is 2.10. The molecule has 1 rings (SSSR count). The smallest absolute Gasteiger partial charge is 0.0569 e. The molecule has 2 atom stereocenters. The summed E-state index contributed by atoms with van der Waals surface area (Å²) in [6.07, 6.45) is 2.01. The lowest BCUT2D eigenvalue weighted by Crippen LogP contribution is -2.31. The molecular formula is C12H20N2OS. The van der Waals surface area contributed by atoms with Crippen LogP contribution in [0.2, 0.25) is 0 Å². The highest BCUT2D eigenvalue weighted by molar-refractivity contribution is 7.99. The van der Waals surface area contributed by atoms with E-state index in [0.29, 0.717) is 0 Å². The first-order chi connectivity index (χ1) is 7.58. The summed E-state index contributed by atoms with van der Waals surface area (Å²) in [6.45, 7) is 4.29. The Morgan fingerprint density at radius 3 is 2.69 bits per heavy atom. The number of rotatable bonds is 5. The maximum absolute atomic E-state index is 9.21. The Bertz CT molecular complexity index is 340. The van der Waals surface area contributed by atoms with Gasteiger partial charge in [0.05, 0.1) is 6.61 Å². The number of hydrogen-bond acceptors (Lipinski definition) is 4. The number of nitrogens with one attached hydrogen (secondary N) is 1. The molecule has 0 aliphatic heterocycles. The Morgan fingerprint density at radius 2 is 2.19 bits per heavy atom. The first kappa shape index (κ1) is 13.2. The van der Waals surface area contributed by atoms with Crippen LogP contribution in [0.4, 0.5) is 11.4 Å². The fourth-order valence-electron chi connectivity index (χ4n) is 1.62. The summed E-state index contributed by atoms with van der Waals surface area (Å²) in [5, 5.41) is 12.8. The summed E-state index contributed by atoms with van der Waals surface area (Å²) in [5.41, 5.74) is 8.68. The number of aryl methyl sites for hydroxylation is 1. The predicted molar refractivity (Wildman–Crippen MR) is 73.1 cm³/mol. The van der Waals surface area contributed by atoms with Gasteiger partial charge in [0.2, 0.25) is 0 Å². The Balaban J connectivity index is 2.72. The zero-order chi connectivity index (χ0) is 12.1. The second-order valence-electron chi connectivity index (χ2n) is 3.96. The van der Waals surface area contributed by atoms with Gasteiger partial charge in [0.1, 0.15) is 0 Å². The van der Waals surface area contributed by atoms with Gasteiger partial charge in [-0.1, -0.05) is 0 Å². The van der Waals surface area contributed by atoms with Crippen LogP contribution < -0.4 is 11.1 Å². The number of hydrogen-bond donors (Lipinski definition) is 3. The standard InChI is InChI=1S/C12H20N2OS/c1-8-6-10(13)4-5-11(8)14-9(2)12(7-15)16-3/h4-6,9,12,14-15H,7,13H2,1-3H3. The molecule has 0 saturated heterocycles. The van der Waals surface area contributed by atoms with Crippen LogP contribution in [-0.2, 0) is 0 Å². The second-order valence-corrected chi connectivity index (χ2v) is 5.04. The molecule has 0 fully saturated rings. The summed E-state index contributed by atoms with van der Waals surface area (Å²) in [4.78, 5) is 0. The first-order valence-corrected chi connectivity index (χ1v) is 6.63. The van der Waals surface area contributed by atoms with Crippen molar-refractivity contribution in [1.29, 1.82) is 0 Å². The van der Waals surface area contributed by atoms with Gasteiger partial charge < -0.3 is 16.2 Å². The SMILES string of the molecule is CSC(CO)C(C)Nc1ccc(N)cc1C. The first-order valence-electron chi connectivity index (χ1n) is 5.34. The van der Waals surface area contributed by atoms with Crippen LogP contribution >= 0.6 is 11.8 Å². The third-order valence-corrected chi connectivity index (χ3v) is 3.84. The zero-order valence-electron chi connectivity index (χ0n) is 10.0. The van der Waals surface area contributed by atoms with Gasteiger partial charge in [-0.3, -0.25) is 0 Å². The molecule has 1 aromatic carbocycles. The summed E-state index contributed by atoms with van der Waals surface area (Å²) >= 11 is 1.67. The fourth-order valence-corrected chi connectivity index (χ4v) is 2.25. The summed E-state index contributed by atoms with van der Waals surface area (Å²) in [7, 11) is 0. The molecule has 0 heterocycles. The maximum Gasteiger partial charge on any atom is 0.0569 e. The Kier molecular flexibility index (Phi) is 4.96. The zero-order valence-corrected chi connectivity index (χ0v) is 10.8. The molecule has 0 radical (unpaired) electrons. The highest BCUT2D eigenvalue weighted by Crippen LogP contribution is 2.21. The van der Waals surface area contributed by atoms with Crippen LogP contribution in [0.15, 0.2) is 18.2 Å². The normalized spacial score (nSPS) is 14.5. The monoisotopic (exact) mass is 240 g/mol. The van der Waals surface area contributed by atoms with Gasteiger partial charge in [-0.2, -0.15) is 11.8 Å². The average Bonchev–Trinajstić information content (AvgIpc) is 2.24. The van der Waals surface area contributed by atoms with Crippen molar-refractivity contribution in [2.75, 3.05) is 23.9 Å². The van der Waals surface area contributed by atoms with E-state index in [2.05, 4.69) is 12.2 Å². The Labute approximate surface area is 101 Å². The summed E-state index contributed by atoms with van der Waals surface area (Å²) in [5.74, 6) is 0. The highest BCUT2D eigenvalue weighted by atomic mass is 32.2.